The summed E-state index contributed by atoms with van der Waals surface area (Å²) in [6.07, 6.45) is 2.18. The number of ether oxygens (including phenoxy) is 1. The van der Waals surface area contributed by atoms with Gasteiger partial charge in [0.2, 0.25) is 5.91 Å². The first kappa shape index (κ1) is 15.8. The standard InChI is InChI=1S/C17H22N4O2S/c1-12(2)21-9-17(7-14(21)22)8-20(4-5-23-10-17)16-15-13(3-6-24-15)18-11-19-16/h3,6,11-12H,4-5,7-10H2,1-2H3/t17-/m1/s1. The van der Waals surface area contributed by atoms with E-state index in [0.717, 1.165) is 35.7 Å². The van der Waals surface area contributed by atoms with E-state index < -0.39 is 0 Å². The second-order valence-corrected chi connectivity index (χ2v) is 8.01. The number of aromatic nitrogens is 2. The van der Waals surface area contributed by atoms with Crippen molar-refractivity contribution in [1.29, 1.82) is 0 Å². The molecule has 24 heavy (non-hydrogen) atoms. The van der Waals surface area contributed by atoms with E-state index in [4.69, 9.17) is 4.74 Å². The first-order valence-corrected chi connectivity index (χ1v) is 9.26. The number of rotatable bonds is 2. The lowest BCUT2D eigenvalue weighted by Crippen LogP contribution is -2.42. The third-order valence-electron chi connectivity index (χ3n) is 4.94. The number of nitrogens with zero attached hydrogens (tertiary/aromatic N) is 4. The average Bonchev–Trinajstić information content (AvgIpc) is 3.09. The minimum atomic E-state index is -0.146. The van der Waals surface area contributed by atoms with Gasteiger partial charge in [-0.1, -0.05) is 0 Å². The number of carbonyl (C=O) groups is 1. The molecule has 0 aromatic carbocycles. The maximum atomic E-state index is 12.4. The lowest BCUT2D eigenvalue weighted by atomic mass is 9.87. The van der Waals surface area contributed by atoms with Gasteiger partial charge in [-0.15, -0.1) is 11.3 Å². The van der Waals surface area contributed by atoms with Crippen LogP contribution in [0.5, 0.6) is 0 Å². The second kappa shape index (κ2) is 5.97. The lowest BCUT2D eigenvalue weighted by Gasteiger charge is -2.32. The van der Waals surface area contributed by atoms with Crippen LogP contribution in [0.3, 0.4) is 0 Å². The Hall–Kier alpha value is -1.73. The topological polar surface area (TPSA) is 58.6 Å². The van der Waals surface area contributed by atoms with Crippen LogP contribution in [0.15, 0.2) is 17.8 Å². The van der Waals surface area contributed by atoms with Crippen LogP contribution in [0.4, 0.5) is 5.82 Å². The van der Waals surface area contributed by atoms with E-state index in [1.54, 1.807) is 17.7 Å². The minimum Gasteiger partial charge on any atom is -0.379 e. The molecule has 2 fully saturated rings. The fourth-order valence-corrected chi connectivity index (χ4v) is 4.64. The molecule has 1 spiro atoms. The zero-order chi connectivity index (χ0) is 16.7. The van der Waals surface area contributed by atoms with Gasteiger partial charge in [-0.3, -0.25) is 4.79 Å². The fraction of sp³-hybridized carbons (Fsp3) is 0.588. The van der Waals surface area contributed by atoms with Gasteiger partial charge < -0.3 is 14.5 Å². The highest BCUT2D eigenvalue weighted by molar-refractivity contribution is 7.17. The van der Waals surface area contributed by atoms with E-state index in [-0.39, 0.29) is 17.4 Å². The first-order chi connectivity index (χ1) is 11.6. The van der Waals surface area contributed by atoms with Gasteiger partial charge in [-0.25, -0.2) is 9.97 Å². The Morgan fingerprint density at radius 1 is 1.33 bits per heavy atom. The van der Waals surface area contributed by atoms with Gasteiger partial charge >= 0.3 is 0 Å². The number of amides is 1. The molecule has 2 aromatic rings. The predicted octanol–water partition coefficient (Wildman–Crippen LogP) is 2.16. The molecule has 2 aromatic heterocycles. The molecular weight excluding hydrogens is 324 g/mol. The van der Waals surface area contributed by atoms with Gasteiger partial charge in [0.05, 0.1) is 23.4 Å². The second-order valence-electron chi connectivity index (χ2n) is 7.10. The molecule has 0 saturated carbocycles. The first-order valence-electron chi connectivity index (χ1n) is 8.38. The molecule has 2 aliphatic rings. The quantitative estimate of drug-likeness (QED) is 0.834. The molecule has 0 N–H and O–H groups in total. The maximum Gasteiger partial charge on any atom is 0.223 e. The highest BCUT2D eigenvalue weighted by atomic mass is 32.1. The van der Waals surface area contributed by atoms with Crippen LogP contribution < -0.4 is 4.90 Å². The molecule has 0 unspecified atom stereocenters. The van der Waals surface area contributed by atoms with Gasteiger partial charge in [-0.2, -0.15) is 0 Å². The number of anilines is 1. The van der Waals surface area contributed by atoms with E-state index in [0.29, 0.717) is 19.6 Å². The van der Waals surface area contributed by atoms with Crippen molar-refractivity contribution in [2.45, 2.75) is 26.3 Å². The summed E-state index contributed by atoms with van der Waals surface area (Å²) in [6.45, 7) is 7.80. The SMILES string of the molecule is CC(C)N1C[C@@]2(COCCN(c3ncnc4ccsc34)C2)CC1=O. The Morgan fingerprint density at radius 2 is 2.21 bits per heavy atom. The van der Waals surface area contributed by atoms with Crippen LogP contribution in [-0.2, 0) is 9.53 Å². The van der Waals surface area contributed by atoms with Crippen molar-refractivity contribution >= 4 is 33.3 Å². The lowest BCUT2D eigenvalue weighted by molar-refractivity contribution is -0.129. The predicted molar refractivity (Wildman–Crippen MR) is 94.3 cm³/mol. The molecule has 2 aliphatic heterocycles. The van der Waals surface area contributed by atoms with Crippen molar-refractivity contribution < 1.29 is 9.53 Å². The average molecular weight is 346 g/mol. The molecule has 128 valence electrons. The van der Waals surface area contributed by atoms with Crippen LogP contribution in [0, 0.1) is 5.41 Å². The Morgan fingerprint density at radius 3 is 3.00 bits per heavy atom. The fourth-order valence-electron chi connectivity index (χ4n) is 3.78. The number of carbonyl (C=O) groups excluding carboxylic acids is 1. The smallest absolute Gasteiger partial charge is 0.223 e. The summed E-state index contributed by atoms with van der Waals surface area (Å²) in [5, 5.41) is 2.05. The van der Waals surface area contributed by atoms with Crippen LogP contribution >= 0.6 is 11.3 Å². The molecule has 7 heteroatoms. The number of likely N-dealkylation sites (tertiary alicyclic amines) is 1. The van der Waals surface area contributed by atoms with Gasteiger partial charge in [-0.05, 0) is 25.3 Å². The van der Waals surface area contributed by atoms with Crippen molar-refractivity contribution in [2.75, 3.05) is 37.7 Å². The van der Waals surface area contributed by atoms with Crippen molar-refractivity contribution in [3.63, 3.8) is 0 Å². The van der Waals surface area contributed by atoms with Gasteiger partial charge in [0.25, 0.3) is 0 Å². The Balaban J connectivity index is 1.66. The summed E-state index contributed by atoms with van der Waals surface area (Å²) in [4.78, 5) is 25.6. The van der Waals surface area contributed by atoms with E-state index >= 15 is 0 Å². The van der Waals surface area contributed by atoms with Crippen molar-refractivity contribution in [3.8, 4) is 0 Å². The van der Waals surface area contributed by atoms with Gasteiger partial charge in [0, 0.05) is 37.5 Å². The molecule has 0 aliphatic carbocycles. The largest absolute Gasteiger partial charge is 0.379 e. The minimum absolute atomic E-state index is 0.146. The van der Waals surface area contributed by atoms with Crippen LogP contribution in [0.2, 0.25) is 0 Å². The molecule has 6 nitrogen and oxygen atoms in total. The third kappa shape index (κ3) is 2.65. The summed E-state index contributed by atoms with van der Waals surface area (Å²) in [7, 11) is 0. The molecule has 0 bridgehead atoms. The maximum absolute atomic E-state index is 12.4. The Labute approximate surface area is 145 Å². The number of hydrogen-bond acceptors (Lipinski definition) is 6. The van der Waals surface area contributed by atoms with Gasteiger partial charge in [0.1, 0.15) is 12.1 Å². The van der Waals surface area contributed by atoms with Crippen molar-refractivity contribution in [3.05, 3.63) is 17.8 Å². The van der Waals surface area contributed by atoms with E-state index in [1.807, 2.05) is 16.3 Å². The summed E-state index contributed by atoms with van der Waals surface area (Å²) in [6, 6.07) is 2.26. The van der Waals surface area contributed by atoms with Gasteiger partial charge in [0.15, 0.2) is 0 Å². The molecule has 4 heterocycles. The van der Waals surface area contributed by atoms with E-state index in [2.05, 4.69) is 28.7 Å². The highest BCUT2D eigenvalue weighted by Gasteiger charge is 2.46. The summed E-state index contributed by atoms with van der Waals surface area (Å²) in [5.41, 5.74) is 0.836. The molecule has 2 saturated heterocycles. The van der Waals surface area contributed by atoms with Crippen LogP contribution in [0.25, 0.3) is 10.2 Å². The van der Waals surface area contributed by atoms with Crippen molar-refractivity contribution in [2.24, 2.45) is 5.41 Å². The molecule has 1 atom stereocenters. The summed E-state index contributed by atoms with van der Waals surface area (Å²) < 4.78 is 7.00. The number of hydrogen-bond donors (Lipinski definition) is 0. The zero-order valence-electron chi connectivity index (χ0n) is 14.1. The molecule has 1 amide bonds. The summed E-state index contributed by atoms with van der Waals surface area (Å²) >= 11 is 1.67. The highest BCUT2D eigenvalue weighted by Crippen LogP contribution is 2.38. The summed E-state index contributed by atoms with van der Waals surface area (Å²) in [5.74, 6) is 1.20. The van der Waals surface area contributed by atoms with Crippen molar-refractivity contribution in [1.82, 2.24) is 14.9 Å². The zero-order valence-corrected chi connectivity index (χ0v) is 14.9. The van der Waals surface area contributed by atoms with E-state index in [9.17, 15) is 4.79 Å². The molecule has 0 radical (unpaired) electrons. The normalized spacial score (nSPS) is 25.2. The Bertz CT molecular complexity index is 762. The number of thiophene rings is 1. The van der Waals surface area contributed by atoms with E-state index in [1.165, 1.54) is 0 Å². The molecular formula is C17H22N4O2S. The van der Waals surface area contributed by atoms with Crippen LogP contribution in [-0.4, -0.2) is 59.7 Å². The molecule has 4 rings (SSSR count). The van der Waals surface area contributed by atoms with Crippen LogP contribution in [0.1, 0.15) is 20.3 Å². The number of fused-ring (bicyclic) bond motifs is 1. The Kier molecular flexibility index (Phi) is 3.92. The monoisotopic (exact) mass is 346 g/mol. The third-order valence-corrected chi connectivity index (χ3v) is 5.84.